The van der Waals surface area contributed by atoms with Gasteiger partial charge in [-0.25, -0.2) is 4.98 Å². The summed E-state index contributed by atoms with van der Waals surface area (Å²) in [5.41, 5.74) is 0.766. The Labute approximate surface area is 117 Å². The van der Waals surface area contributed by atoms with Crippen molar-refractivity contribution in [2.75, 3.05) is 11.9 Å². The fraction of sp³-hybridized carbons (Fsp3) is 0.286. The number of hydrogen-bond donors (Lipinski definition) is 1. The van der Waals surface area contributed by atoms with Crippen molar-refractivity contribution < 1.29 is 4.74 Å². The number of rotatable bonds is 6. The number of anilines is 1. The Balaban J connectivity index is 1.91. The molecule has 0 saturated heterocycles. The van der Waals surface area contributed by atoms with Gasteiger partial charge < -0.3 is 10.1 Å². The molecule has 0 aliphatic rings. The molecule has 0 aliphatic heterocycles. The summed E-state index contributed by atoms with van der Waals surface area (Å²) in [7, 11) is 0. The van der Waals surface area contributed by atoms with E-state index in [1.807, 2.05) is 18.2 Å². The molecule has 0 aliphatic carbocycles. The van der Waals surface area contributed by atoms with Gasteiger partial charge in [-0.1, -0.05) is 30.7 Å². The smallest absolute Gasteiger partial charge is 0.144 e. The molecule has 1 heterocycles. The van der Waals surface area contributed by atoms with E-state index in [4.69, 9.17) is 16.3 Å². The topological polar surface area (TPSA) is 47.0 Å². The minimum absolute atomic E-state index is 0.352. The van der Waals surface area contributed by atoms with Crippen molar-refractivity contribution in [3.05, 3.63) is 47.4 Å². The predicted molar refractivity (Wildman–Crippen MR) is 76.6 cm³/mol. The first-order valence-electron chi connectivity index (χ1n) is 6.21. The zero-order chi connectivity index (χ0) is 13.5. The van der Waals surface area contributed by atoms with Crippen LogP contribution in [0, 0.1) is 0 Å². The molecule has 4 nitrogen and oxygen atoms in total. The minimum Gasteiger partial charge on any atom is -0.486 e. The Morgan fingerprint density at radius 3 is 2.74 bits per heavy atom. The number of aromatic nitrogens is 2. The van der Waals surface area contributed by atoms with Crippen molar-refractivity contribution in [2.24, 2.45) is 0 Å². The van der Waals surface area contributed by atoms with Crippen molar-refractivity contribution >= 4 is 17.4 Å². The standard InChI is InChI=1S/C14H16ClN3O/c1-2-7-16-14-9-17-11(8-18-14)10-19-13-6-4-3-5-12(13)15/h3-6,8-9H,2,7,10H2,1H3,(H,16,18). The molecule has 100 valence electrons. The normalized spacial score (nSPS) is 10.2. The number of nitrogens with zero attached hydrogens (tertiary/aromatic N) is 2. The minimum atomic E-state index is 0.352. The van der Waals surface area contributed by atoms with Crippen LogP contribution in [0.15, 0.2) is 36.7 Å². The maximum atomic E-state index is 6.00. The van der Waals surface area contributed by atoms with Crippen LogP contribution in [0.25, 0.3) is 0 Å². The van der Waals surface area contributed by atoms with Gasteiger partial charge in [-0.05, 0) is 18.6 Å². The lowest BCUT2D eigenvalue weighted by Crippen LogP contribution is -2.04. The molecule has 0 unspecified atom stereocenters. The van der Waals surface area contributed by atoms with Crippen LogP contribution in [-0.4, -0.2) is 16.5 Å². The molecule has 0 atom stereocenters. The number of hydrogen-bond acceptors (Lipinski definition) is 4. The molecular weight excluding hydrogens is 262 g/mol. The Hall–Kier alpha value is -1.81. The number of para-hydroxylation sites is 1. The van der Waals surface area contributed by atoms with E-state index in [2.05, 4.69) is 22.2 Å². The van der Waals surface area contributed by atoms with Gasteiger partial charge in [0.1, 0.15) is 18.2 Å². The molecule has 0 bridgehead atoms. The van der Waals surface area contributed by atoms with E-state index in [1.54, 1.807) is 18.5 Å². The highest BCUT2D eigenvalue weighted by atomic mass is 35.5. The third-order valence-electron chi connectivity index (χ3n) is 2.47. The summed E-state index contributed by atoms with van der Waals surface area (Å²) >= 11 is 6.00. The van der Waals surface area contributed by atoms with E-state index in [0.717, 1.165) is 24.5 Å². The Morgan fingerprint density at radius 1 is 1.21 bits per heavy atom. The fourth-order valence-electron chi connectivity index (χ4n) is 1.49. The highest BCUT2D eigenvalue weighted by Gasteiger charge is 2.02. The number of halogens is 1. The Morgan fingerprint density at radius 2 is 2.05 bits per heavy atom. The predicted octanol–water partition coefficient (Wildman–Crippen LogP) is 3.53. The molecule has 2 rings (SSSR count). The third-order valence-corrected chi connectivity index (χ3v) is 2.79. The van der Waals surface area contributed by atoms with Gasteiger partial charge >= 0.3 is 0 Å². The van der Waals surface area contributed by atoms with E-state index in [1.165, 1.54) is 0 Å². The maximum Gasteiger partial charge on any atom is 0.144 e. The maximum absolute atomic E-state index is 6.00. The molecule has 0 spiro atoms. The summed E-state index contributed by atoms with van der Waals surface area (Å²) in [5.74, 6) is 1.43. The second kappa shape index (κ2) is 6.95. The Kier molecular flexibility index (Phi) is 4.98. The van der Waals surface area contributed by atoms with Gasteiger partial charge in [0, 0.05) is 6.54 Å². The molecule has 1 aromatic carbocycles. The molecule has 1 aromatic heterocycles. The molecular formula is C14H16ClN3O. The molecule has 2 aromatic rings. The van der Waals surface area contributed by atoms with Gasteiger partial charge in [-0.15, -0.1) is 0 Å². The van der Waals surface area contributed by atoms with Crippen molar-refractivity contribution in [2.45, 2.75) is 20.0 Å². The zero-order valence-electron chi connectivity index (χ0n) is 10.8. The van der Waals surface area contributed by atoms with Crippen LogP contribution >= 0.6 is 11.6 Å². The summed E-state index contributed by atoms with van der Waals surface area (Å²) < 4.78 is 5.59. The molecule has 0 radical (unpaired) electrons. The van der Waals surface area contributed by atoms with E-state index in [0.29, 0.717) is 17.4 Å². The summed E-state index contributed by atoms with van der Waals surface area (Å²) in [6.45, 7) is 3.35. The van der Waals surface area contributed by atoms with Gasteiger partial charge in [0.25, 0.3) is 0 Å². The van der Waals surface area contributed by atoms with Gasteiger partial charge in [-0.3, -0.25) is 4.98 Å². The van der Waals surface area contributed by atoms with Crippen LogP contribution in [0.1, 0.15) is 19.0 Å². The van der Waals surface area contributed by atoms with Crippen molar-refractivity contribution in [1.82, 2.24) is 9.97 Å². The Bertz CT molecular complexity index is 516. The summed E-state index contributed by atoms with van der Waals surface area (Å²) in [5, 5.41) is 3.76. The average Bonchev–Trinajstić information content (AvgIpc) is 2.45. The average molecular weight is 278 g/mol. The molecule has 1 N–H and O–H groups in total. The second-order valence-corrected chi connectivity index (χ2v) is 4.45. The van der Waals surface area contributed by atoms with E-state index in [9.17, 15) is 0 Å². The highest BCUT2D eigenvalue weighted by molar-refractivity contribution is 6.32. The monoisotopic (exact) mass is 277 g/mol. The van der Waals surface area contributed by atoms with Gasteiger partial charge in [0.05, 0.1) is 23.1 Å². The van der Waals surface area contributed by atoms with Crippen molar-refractivity contribution in [1.29, 1.82) is 0 Å². The lowest BCUT2D eigenvalue weighted by atomic mass is 10.3. The van der Waals surface area contributed by atoms with Gasteiger partial charge in [0.15, 0.2) is 0 Å². The van der Waals surface area contributed by atoms with Gasteiger partial charge in [-0.2, -0.15) is 0 Å². The summed E-state index contributed by atoms with van der Waals surface area (Å²) in [6, 6.07) is 7.36. The fourth-order valence-corrected chi connectivity index (χ4v) is 1.68. The summed E-state index contributed by atoms with van der Waals surface area (Å²) in [4.78, 5) is 8.55. The van der Waals surface area contributed by atoms with E-state index >= 15 is 0 Å². The zero-order valence-corrected chi connectivity index (χ0v) is 11.5. The molecule has 5 heteroatoms. The van der Waals surface area contributed by atoms with Crippen LogP contribution in [0.3, 0.4) is 0 Å². The van der Waals surface area contributed by atoms with Crippen LogP contribution in [-0.2, 0) is 6.61 Å². The van der Waals surface area contributed by atoms with Gasteiger partial charge in [0.2, 0.25) is 0 Å². The van der Waals surface area contributed by atoms with Crippen molar-refractivity contribution in [3.8, 4) is 5.75 Å². The van der Waals surface area contributed by atoms with E-state index in [-0.39, 0.29) is 0 Å². The second-order valence-electron chi connectivity index (χ2n) is 4.04. The third kappa shape index (κ3) is 4.10. The first-order chi connectivity index (χ1) is 9.29. The largest absolute Gasteiger partial charge is 0.486 e. The van der Waals surface area contributed by atoms with Crippen LogP contribution in [0.4, 0.5) is 5.82 Å². The molecule has 0 saturated carbocycles. The SMILES string of the molecule is CCCNc1cnc(COc2ccccc2Cl)cn1. The van der Waals surface area contributed by atoms with Crippen LogP contribution in [0.2, 0.25) is 5.02 Å². The van der Waals surface area contributed by atoms with Crippen LogP contribution < -0.4 is 10.1 Å². The first-order valence-corrected chi connectivity index (χ1v) is 6.59. The summed E-state index contributed by atoms with van der Waals surface area (Å²) in [6.07, 6.45) is 4.47. The number of ether oxygens (including phenoxy) is 1. The molecule has 0 fully saturated rings. The number of nitrogens with one attached hydrogen (secondary N) is 1. The first kappa shape index (κ1) is 13.6. The van der Waals surface area contributed by atoms with Crippen molar-refractivity contribution in [3.63, 3.8) is 0 Å². The van der Waals surface area contributed by atoms with Crippen LogP contribution in [0.5, 0.6) is 5.75 Å². The lowest BCUT2D eigenvalue weighted by molar-refractivity contribution is 0.301. The number of benzene rings is 1. The lowest BCUT2D eigenvalue weighted by Gasteiger charge is -2.08. The molecule has 19 heavy (non-hydrogen) atoms. The highest BCUT2D eigenvalue weighted by Crippen LogP contribution is 2.23. The molecule has 0 amide bonds. The van der Waals surface area contributed by atoms with E-state index < -0.39 is 0 Å². The quantitative estimate of drug-likeness (QED) is 0.877.